The summed E-state index contributed by atoms with van der Waals surface area (Å²) in [5.74, 6) is -1.40. The molecule has 7 nitrogen and oxygen atoms in total. The predicted molar refractivity (Wildman–Crippen MR) is 93.1 cm³/mol. The average Bonchev–Trinajstić information content (AvgIpc) is 2.61. The van der Waals surface area contributed by atoms with E-state index in [1.165, 1.54) is 12.1 Å². The molecule has 0 bridgehead atoms. The van der Waals surface area contributed by atoms with E-state index in [4.69, 9.17) is 5.11 Å². The number of benzene rings is 1. The Morgan fingerprint density at radius 1 is 1.16 bits per heavy atom. The minimum atomic E-state index is -0.976. The second-order valence-corrected chi connectivity index (χ2v) is 5.57. The molecular formula is C18H21N3O4. The summed E-state index contributed by atoms with van der Waals surface area (Å²) in [7, 11) is 0. The van der Waals surface area contributed by atoms with E-state index in [-0.39, 0.29) is 11.1 Å². The van der Waals surface area contributed by atoms with Crippen LogP contribution < -0.4 is 10.9 Å². The molecule has 0 aliphatic carbocycles. The Labute approximate surface area is 145 Å². The zero-order valence-corrected chi connectivity index (χ0v) is 14.3. The van der Waals surface area contributed by atoms with Crippen molar-refractivity contribution in [3.8, 4) is 0 Å². The van der Waals surface area contributed by atoms with Crippen molar-refractivity contribution in [3.63, 3.8) is 0 Å². The van der Waals surface area contributed by atoms with Crippen LogP contribution in [0.1, 0.15) is 51.4 Å². The molecule has 7 heteroatoms. The number of aromatic amines is 1. The lowest BCUT2D eigenvalue weighted by Gasteiger charge is -2.11. The van der Waals surface area contributed by atoms with Crippen LogP contribution >= 0.6 is 0 Å². The van der Waals surface area contributed by atoms with Gasteiger partial charge in [0.25, 0.3) is 11.5 Å². The van der Waals surface area contributed by atoms with E-state index >= 15 is 0 Å². The number of H-pyrrole nitrogens is 1. The fraction of sp³-hybridized carbons (Fsp3) is 0.333. The Kier molecular flexibility index (Phi) is 6.05. The van der Waals surface area contributed by atoms with E-state index in [1.54, 1.807) is 12.1 Å². The Balaban J connectivity index is 2.05. The fourth-order valence-corrected chi connectivity index (χ4v) is 2.66. The fourth-order valence-electron chi connectivity index (χ4n) is 2.66. The smallest absolute Gasteiger partial charge is 0.335 e. The first kappa shape index (κ1) is 18.4. The van der Waals surface area contributed by atoms with Crippen molar-refractivity contribution in [1.29, 1.82) is 0 Å². The zero-order chi connectivity index (χ0) is 18.4. The number of nitrogens with zero attached hydrogens (tertiary/aromatic N) is 1. The highest BCUT2D eigenvalue weighted by atomic mass is 16.4. The van der Waals surface area contributed by atoms with Gasteiger partial charge in [-0.1, -0.05) is 26.0 Å². The number of nitrogens with one attached hydrogen (secondary N) is 2. The largest absolute Gasteiger partial charge is 0.478 e. The molecule has 0 aliphatic heterocycles. The number of rotatable bonds is 7. The first-order valence-electron chi connectivity index (χ1n) is 8.18. The monoisotopic (exact) mass is 343 g/mol. The molecule has 25 heavy (non-hydrogen) atoms. The van der Waals surface area contributed by atoms with Gasteiger partial charge in [0.2, 0.25) is 0 Å². The summed E-state index contributed by atoms with van der Waals surface area (Å²) in [6.07, 6.45) is 1.73. The van der Waals surface area contributed by atoms with Gasteiger partial charge in [0.1, 0.15) is 5.56 Å². The van der Waals surface area contributed by atoms with E-state index in [1.807, 2.05) is 13.8 Å². The van der Waals surface area contributed by atoms with Gasteiger partial charge >= 0.3 is 5.97 Å². The van der Waals surface area contributed by atoms with Crippen molar-refractivity contribution < 1.29 is 14.7 Å². The van der Waals surface area contributed by atoms with Gasteiger partial charge < -0.3 is 10.4 Å². The number of amides is 1. The van der Waals surface area contributed by atoms with Gasteiger partial charge in [-0.3, -0.25) is 9.59 Å². The predicted octanol–water partition coefficient (Wildman–Crippen LogP) is 1.57. The Morgan fingerprint density at radius 2 is 1.84 bits per heavy atom. The molecule has 0 saturated carbocycles. The van der Waals surface area contributed by atoms with E-state index in [9.17, 15) is 14.4 Å². The Bertz CT molecular complexity index is 825. The summed E-state index contributed by atoms with van der Waals surface area (Å²) in [6, 6.07) is 6.47. The molecule has 0 atom stereocenters. The van der Waals surface area contributed by atoms with Crippen molar-refractivity contribution in [2.75, 3.05) is 6.54 Å². The molecule has 1 aromatic carbocycles. The Hall–Kier alpha value is -2.96. The van der Waals surface area contributed by atoms with Gasteiger partial charge in [-0.25, -0.2) is 9.89 Å². The number of carboxylic acids is 1. The highest BCUT2D eigenvalue weighted by Crippen LogP contribution is 2.10. The molecule has 1 heterocycles. The van der Waals surface area contributed by atoms with Crippen LogP contribution in [0.4, 0.5) is 0 Å². The Morgan fingerprint density at radius 3 is 2.40 bits per heavy atom. The van der Waals surface area contributed by atoms with Crippen LogP contribution in [-0.2, 0) is 19.3 Å². The normalized spacial score (nSPS) is 10.5. The summed E-state index contributed by atoms with van der Waals surface area (Å²) < 4.78 is 0. The van der Waals surface area contributed by atoms with Gasteiger partial charge in [0, 0.05) is 6.54 Å². The lowest BCUT2D eigenvalue weighted by Crippen LogP contribution is -2.33. The minimum Gasteiger partial charge on any atom is -0.478 e. The quantitative estimate of drug-likeness (QED) is 0.706. The van der Waals surface area contributed by atoms with Gasteiger partial charge in [-0.15, -0.1) is 0 Å². The van der Waals surface area contributed by atoms with E-state index in [2.05, 4.69) is 15.5 Å². The molecule has 0 radical (unpaired) electrons. The first-order valence-corrected chi connectivity index (χ1v) is 8.18. The summed E-state index contributed by atoms with van der Waals surface area (Å²) in [4.78, 5) is 35.2. The highest BCUT2D eigenvalue weighted by Gasteiger charge is 2.18. The van der Waals surface area contributed by atoms with Crippen molar-refractivity contribution in [1.82, 2.24) is 15.5 Å². The molecule has 0 aliphatic rings. The van der Waals surface area contributed by atoms with Crippen LogP contribution in [0.3, 0.4) is 0 Å². The lowest BCUT2D eigenvalue weighted by molar-refractivity contribution is 0.0696. The number of carboxylic acid groups (broad SMARTS) is 1. The number of aromatic carboxylic acids is 1. The molecule has 0 spiro atoms. The molecular weight excluding hydrogens is 322 g/mol. The number of aromatic nitrogens is 2. The number of hydrogen-bond donors (Lipinski definition) is 3. The summed E-state index contributed by atoms with van der Waals surface area (Å²) >= 11 is 0. The number of carbonyl (C=O) groups is 2. The molecule has 0 unspecified atom stereocenters. The third-order valence-corrected chi connectivity index (χ3v) is 3.99. The number of carbonyl (C=O) groups excluding carboxylic acids is 1. The topological polar surface area (TPSA) is 112 Å². The van der Waals surface area contributed by atoms with Crippen molar-refractivity contribution in [3.05, 3.63) is 62.6 Å². The molecule has 2 aromatic rings. The lowest BCUT2D eigenvalue weighted by atomic mass is 10.0. The van der Waals surface area contributed by atoms with Crippen LogP contribution in [0.15, 0.2) is 29.1 Å². The average molecular weight is 343 g/mol. The van der Waals surface area contributed by atoms with Crippen LogP contribution in [0.2, 0.25) is 0 Å². The van der Waals surface area contributed by atoms with Crippen LogP contribution in [-0.4, -0.2) is 33.7 Å². The number of aryl methyl sites for hydroxylation is 1. The first-order chi connectivity index (χ1) is 12.0. The van der Waals surface area contributed by atoms with Crippen molar-refractivity contribution in [2.24, 2.45) is 0 Å². The van der Waals surface area contributed by atoms with Crippen LogP contribution in [0.25, 0.3) is 0 Å². The maximum absolute atomic E-state index is 12.4. The summed E-state index contributed by atoms with van der Waals surface area (Å²) in [6.45, 7) is 4.15. The van der Waals surface area contributed by atoms with Crippen molar-refractivity contribution in [2.45, 2.75) is 33.1 Å². The molecule has 0 fully saturated rings. The van der Waals surface area contributed by atoms with Crippen LogP contribution in [0, 0.1) is 0 Å². The van der Waals surface area contributed by atoms with Gasteiger partial charge in [0.05, 0.1) is 11.3 Å². The maximum Gasteiger partial charge on any atom is 0.335 e. The van der Waals surface area contributed by atoms with E-state index < -0.39 is 17.4 Å². The molecule has 1 aromatic heterocycles. The van der Waals surface area contributed by atoms with Gasteiger partial charge in [0.15, 0.2) is 0 Å². The van der Waals surface area contributed by atoms with E-state index in [0.717, 1.165) is 11.3 Å². The summed E-state index contributed by atoms with van der Waals surface area (Å²) in [5.41, 5.74) is 2.15. The standard InChI is InChI=1S/C18H21N3O4/c1-3-13-14(4-2)20-21-17(23)15(13)16(22)19-10-9-11-5-7-12(8-6-11)18(24)25/h5-8H,3-4,9-10H2,1-2H3,(H,19,22)(H,21,23)(H,24,25). The SMILES string of the molecule is CCc1n[nH]c(=O)c(C(=O)NCCc2ccc(C(=O)O)cc2)c1CC. The number of hydrogen-bond acceptors (Lipinski definition) is 4. The van der Waals surface area contributed by atoms with Crippen molar-refractivity contribution >= 4 is 11.9 Å². The van der Waals surface area contributed by atoms with Crippen LogP contribution in [0.5, 0.6) is 0 Å². The maximum atomic E-state index is 12.4. The van der Waals surface area contributed by atoms with Gasteiger partial charge in [-0.05, 0) is 42.5 Å². The second-order valence-electron chi connectivity index (χ2n) is 5.57. The molecule has 3 N–H and O–H groups in total. The molecule has 2 rings (SSSR count). The molecule has 132 valence electrons. The zero-order valence-electron chi connectivity index (χ0n) is 14.3. The molecule has 1 amide bonds. The highest BCUT2D eigenvalue weighted by molar-refractivity contribution is 5.95. The van der Waals surface area contributed by atoms with E-state index in [0.29, 0.717) is 31.4 Å². The second kappa shape index (κ2) is 8.23. The third kappa shape index (κ3) is 4.32. The summed E-state index contributed by atoms with van der Waals surface area (Å²) in [5, 5.41) is 18.0. The third-order valence-electron chi connectivity index (χ3n) is 3.99. The minimum absolute atomic E-state index is 0.121. The molecule has 0 saturated heterocycles. The van der Waals surface area contributed by atoms with Gasteiger partial charge in [-0.2, -0.15) is 5.10 Å².